The molecule has 5 rings (SSSR count). The second-order valence-corrected chi connectivity index (χ2v) is 9.97. The molecule has 0 N–H and O–H groups in total. The summed E-state index contributed by atoms with van der Waals surface area (Å²) in [5, 5.41) is 0.848. The van der Waals surface area contributed by atoms with Crippen LogP contribution in [0.5, 0.6) is 11.5 Å². The summed E-state index contributed by atoms with van der Waals surface area (Å²) in [7, 11) is -4.04. The number of nitrogens with zero attached hydrogens (tertiary/aromatic N) is 1. The van der Waals surface area contributed by atoms with E-state index >= 15 is 0 Å². The highest BCUT2D eigenvalue weighted by Crippen LogP contribution is 2.36. The lowest BCUT2D eigenvalue weighted by molar-refractivity contribution is 0.174. The monoisotopic (exact) mass is 467 g/mol. The summed E-state index contributed by atoms with van der Waals surface area (Å²) in [6, 6.07) is 16.9. The number of hydrogen-bond acceptors (Lipinski definition) is 5. The molecule has 3 aromatic carbocycles. The number of aromatic nitrogens is 1. The van der Waals surface area contributed by atoms with Gasteiger partial charge in [0.05, 0.1) is 15.8 Å². The Morgan fingerprint density at radius 1 is 0.969 bits per heavy atom. The fourth-order valence-corrected chi connectivity index (χ4v) is 5.20. The Morgan fingerprint density at radius 2 is 1.62 bits per heavy atom. The van der Waals surface area contributed by atoms with Crippen molar-refractivity contribution < 1.29 is 17.9 Å². The number of benzene rings is 3. The molecule has 6 nitrogen and oxygen atoms in total. The Balaban J connectivity index is 1.76. The van der Waals surface area contributed by atoms with Crippen LogP contribution in [0.25, 0.3) is 10.9 Å². The van der Waals surface area contributed by atoms with Gasteiger partial charge in [0.2, 0.25) is 22.1 Å². The number of halogens is 1. The van der Waals surface area contributed by atoms with E-state index in [2.05, 4.69) is 0 Å². The Labute approximate surface area is 189 Å². The quantitative estimate of drug-likeness (QED) is 0.439. The molecule has 0 aliphatic carbocycles. The van der Waals surface area contributed by atoms with Crippen molar-refractivity contribution in [2.75, 3.05) is 6.79 Å². The van der Waals surface area contributed by atoms with Crippen LogP contribution in [0.15, 0.2) is 81.4 Å². The molecular formula is C24H18ClNO5S. The summed E-state index contributed by atoms with van der Waals surface area (Å²) in [5.74, 6) is 0.924. The van der Waals surface area contributed by atoms with Crippen molar-refractivity contribution in [3.05, 3.63) is 93.2 Å². The van der Waals surface area contributed by atoms with Crippen molar-refractivity contribution in [1.29, 1.82) is 0 Å². The minimum Gasteiger partial charge on any atom is -0.454 e. The number of pyridine rings is 1. The molecule has 0 radical (unpaired) electrons. The molecule has 162 valence electrons. The van der Waals surface area contributed by atoms with Gasteiger partial charge in [-0.1, -0.05) is 41.4 Å². The predicted molar refractivity (Wildman–Crippen MR) is 122 cm³/mol. The number of sulfone groups is 1. The van der Waals surface area contributed by atoms with Crippen LogP contribution in [0.4, 0.5) is 0 Å². The molecule has 32 heavy (non-hydrogen) atoms. The number of rotatable bonds is 4. The zero-order valence-electron chi connectivity index (χ0n) is 17.0. The first-order valence-electron chi connectivity index (χ1n) is 9.86. The fourth-order valence-electron chi connectivity index (χ4n) is 3.71. The van der Waals surface area contributed by atoms with E-state index in [4.69, 9.17) is 21.1 Å². The second-order valence-electron chi connectivity index (χ2n) is 7.62. The van der Waals surface area contributed by atoms with E-state index < -0.39 is 15.3 Å². The molecule has 8 heteroatoms. The number of ether oxygens (including phenoxy) is 2. The summed E-state index contributed by atoms with van der Waals surface area (Å²) in [4.78, 5) is 13.1. The smallest absolute Gasteiger partial charge is 0.231 e. The summed E-state index contributed by atoms with van der Waals surface area (Å²) >= 11 is 6.00. The van der Waals surface area contributed by atoms with E-state index in [0.717, 1.165) is 11.1 Å². The van der Waals surface area contributed by atoms with Crippen LogP contribution in [0, 0.1) is 6.92 Å². The highest BCUT2D eigenvalue weighted by atomic mass is 35.5. The standard InChI is InChI=1S/C24H18ClNO5S/c1-15-2-8-18(9-3-15)32(28,29)23-13-26(12-16-4-6-17(25)7-5-16)20-11-22-21(30-14-31-22)10-19(20)24(23)27/h2-11,13H,12,14H2,1H3. The number of hydrogen-bond donors (Lipinski definition) is 0. The van der Waals surface area contributed by atoms with Crippen LogP contribution in [0.3, 0.4) is 0 Å². The minimum absolute atomic E-state index is 0.0472. The van der Waals surface area contributed by atoms with Crippen LogP contribution in [0.2, 0.25) is 5.02 Å². The van der Waals surface area contributed by atoms with E-state index in [0.29, 0.717) is 28.6 Å². The zero-order chi connectivity index (χ0) is 22.5. The lowest BCUT2D eigenvalue weighted by atomic mass is 10.1. The summed E-state index contributed by atoms with van der Waals surface area (Å²) in [6.07, 6.45) is 1.40. The van der Waals surface area contributed by atoms with Gasteiger partial charge in [-0.2, -0.15) is 0 Å². The zero-order valence-corrected chi connectivity index (χ0v) is 18.6. The van der Waals surface area contributed by atoms with Crippen LogP contribution in [0.1, 0.15) is 11.1 Å². The van der Waals surface area contributed by atoms with Gasteiger partial charge in [0, 0.05) is 23.8 Å². The average Bonchev–Trinajstić information content (AvgIpc) is 3.24. The van der Waals surface area contributed by atoms with Gasteiger partial charge in [0.15, 0.2) is 11.5 Å². The summed E-state index contributed by atoms with van der Waals surface area (Å²) in [6.45, 7) is 2.25. The minimum atomic E-state index is -4.04. The fraction of sp³-hybridized carbons (Fsp3) is 0.125. The molecule has 0 spiro atoms. The van der Waals surface area contributed by atoms with Crippen molar-refractivity contribution in [1.82, 2.24) is 4.57 Å². The Bertz CT molecular complexity index is 1510. The van der Waals surface area contributed by atoms with E-state index in [1.165, 1.54) is 18.3 Å². The SMILES string of the molecule is Cc1ccc(S(=O)(=O)c2cn(Cc3ccc(Cl)cc3)c3cc4c(cc3c2=O)OCO4)cc1. The molecule has 1 aromatic heterocycles. The van der Waals surface area contributed by atoms with Crippen molar-refractivity contribution in [2.24, 2.45) is 0 Å². The van der Waals surface area contributed by atoms with Gasteiger partial charge in [-0.25, -0.2) is 8.42 Å². The van der Waals surface area contributed by atoms with Crippen molar-refractivity contribution in [3.63, 3.8) is 0 Å². The molecular weight excluding hydrogens is 450 g/mol. The highest BCUT2D eigenvalue weighted by Gasteiger charge is 2.26. The molecule has 0 saturated heterocycles. The van der Waals surface area contributed by atoms with Crippen LogP contribution in [-0.4, -0.2) is 19.8 Å². The average molecular weight is 468 g/mol. The Kier molecular flexibility index (Phi) is 4.95. The van der Waals surface area contributed by atoms with E-state index in [1.807, 2.05) is 19.1 Å². The van der Waals surface area contributed by atoms with Gasteiger partial charge in [-0.15, -0.1) is 0 Å². The van der Waals surface area contributed by atoms with Gasteiger partial charge < -0.3 is 14.0 Å². The molecule has 4 aromatic rings. The third-order valence-electron chi connectivity index (χ3n) is 5.43. The first-order chi connectivity index (χ1) is 15.3. The van der Waals surface area contributed by atoms with Gasteiger partial charge in [-0.05, 0) is 42.8 Å². The number of aryl methyl sites for hydroxylation is 1. The number of fused-ring (bicyclic) bond motifs is 2. The first-order valence-corrected chi connectivity index (χ1v) is 11.7. The topological polar surface area (TPSA) is 74.6 Å². The molecule has 0 unspecified atom stereocenters. The molecule has 1 aliphatic rings. The van der Waals surface area contributed by atoms with Crippen LogP contribution >= 0.6 is 11.6 Å². The third kappa shape index (κ3) is 3.53. The van der Waals surface area contributed by atoms with Gasteiger partial charge in [0.1, 0.15) is 4.90 Å². The maximum Gasteiger partial charge on any atom is 0.231 e. The van der Waals surface area contributed by atoms with Crippen molar-refractivity contribution >= 4 is 32.3 Å². The maximum atomic E-state index is 13.4. The van der Waals surface area contributed by atoms with Crippen LogP contribution in [-0.2, 0) is 16.4 Å². The maximum absolute atomic E-state index is 13.4. The molecule has 0 bridgehead atoms. The lowest BCUT2D eigenvalue weighted by Crippen LogP contribution is -2.19. The van der Waals surface area contributed by atoms with Gasteiger partial charge in [-0.3, -0.25) is 4.79 Å². The third-order valence-corrected chi connectivity index (χ3v) is 7.44. The summed E-state index contributed by atoms with van der Waals surface area (Å²) < 4.78 is 39.4. The molecule has 0 saturated carbocycles. The molecule has 0 fully saturated rings. The summed E-state index contributed by atoms with van der Waals surface area (Å²) in [5.41, 5.74) is 1.80. The van der Waals surface area contributed by atoms with Crippen LogP contribution < -0.4 is 14.9 Å². The Morgan fingerprint density at radius 3 is 2.31 bits per heavy atom. The van der Waals surface area contributed by atoms with Gasteiger partial charge >= 0.3 is 0 Å². The van der Waals surface area contributed by atoms with Crippen molar-refractivity contribution in [3.8, 4) is 11.5 Å². The Hall–Kier alpha value is -3.29. The second kappa shape index (κ2) is 7.69. The van der Waals surface area contributed by atoms with Gasteiger partial charge in [0.25, 0.3) is 0 Å². The van der Waals surface area contributed by atoms with Crippen molar-refractivity contribution in [2.45, 2.75) is 23.3 Å². The van der Waals surface area contributed by atoms with E-state index in [-0.39, 0.29) is 22.0 Å². The normalized spacial score (nSPS) is 12.9. The molecule has 0 amide bonds. The lowest BCUT2D eigenvalue weighted by Gasteiger charge is -2.15. The highest BCUT2D eigenvalue weighted by molar-refractivity contribution is 7.91. The molecule has 1 aliphatic heterocycles. The molecule has 2 heterocycles. The largest absolute Gasteiger partial charge is 0.454 e. The predicted octanol–water partition coefficient (Wildman–Crippen LogP) is 4.57. The van der Waals surface area contributed by atoms with E-state index in [9.17, 15) is 13.2 Å². The first kappa shape index (κ1) is 20.6. The molecule has 0 atom stereocenters. The van der Waals surface area contributed by atoms with E-state index in [1.54, 1.807) is 41.0 Å².